The van der Waals surface area contributed by atoms with Gasteiger partial charge in [0.15, 0.2) is 0 Å². The number of hydrogen-bond donors (Lipinski definition) is 1. The van der Waals surface area contributed by atoms with Gasteiger partial charge < -0.3 is 10.7 Å². The van der Waals surface area contributed by atoms with E-state index in [-0.39, 0.29) is 52.8 Å². The molecule has 10 heteroatoms. The molecule has 168 valence electrons. The van der Waals surface area contributed by atoms with Crippen molar-refractivity contribution in [2.24, 2.45) is 11.8 Å². The molecule has 0 heterocycles. The second kappa shape index (κ2) is 12.2. The van der Waals surface area contributed by atoms with Crippen LogP contribution in [0, 0.1) is 24.0 Å². The second-order valence-corrected chi connectivity index (χ2v) is 10.7. The molecule has 1 amide bonds. The van der Waals surface area contributed by atoms with Crippen LogP contribution in [0.2, 0.25) is 10.0 Å². The fourth-order valence-electron chi connectivity index (χ4n) is 4.03. The van der Waals surface area contributed by atoms with E-state index in [1.165, 1.54) is 9.79 Å². The zero-order chi connectivity index (χ0) is 22.6. The maximum absolute atomic E-state index is 13.6. The van der Waals surface area contributed by atoms with Crippen LogP contribution in [-0.2, 0) is 21.4 Å². The van der Waals surface area contributed by atoms with Crippen LogP contribution in [0.25, 0.3) is 0 Å². The van der Waals surface area contributed by atoms with Crippen molar-refractivity contribution in [2.75, 3.05) is 6.54 Å². The molecule has 2 aromatic rings. The van der Waals surface area contributed by atoms with Gasteiger partial charge in [-0.05, 0) is 73.9 Å². The third-order valence-electron chi connectivity index (χ3n) is 5.89. The summed E-state index contributed by atoms with van der Waals surface area (Å²) in [4.78, 5) is 11.8. The number of nitrogens with one attached hydrogen (secondary N) is 1. The van der Waals surface area contributed by atoms with Crippen LogP contribution < -0.4 is 35.0 Å². The van der Waals surface area contributed by atoms with Gasteiger partial charge in [-0.1, -0.05) is 41.4 Å². The molecule has 0 aromatic heterocycles. The van der Waals surface area contributed by atoms with E-state index in [1.54, 1.807) is 37.3 Å². The number of benzene rings is 2. The number of rotatable bonds is 7. The van der Waals surface area contributed by atoms with Crippen LogP contribution in [0.4, 0.5) is 0 Å². The van der Waals surface area contributed by atoms with E-state index in [9.17, 15) is 18.4 Å². The van der Waals surface area contributed by atoms with Gasteiger partial charge in [-0.3, -0.25) is 4.79 Å². The van der Waals surface area contributed by atoms with E-state index in [0.29, 0.717) is 47.8 Å². The molecule has 0 unspecified atom stereocenters. The Morgan fingerprint density at radius 1 is 1.09 bits per heavy atom. The molecule has 1 aliphatic carbocycles. The SMILES string of the molecule is Cc1c(Cl)cccc1S(=O)(=O)N(Cc1ccc(Cl)cc1)CC1CCC(C(=O)N[O-])CC1.[Na+]. The average Bonchev–Trinajstić information content (AvgIpc) is 2.76. The zero-order valence-electron chi connectivity index (χ0n) is 18.2. The van der Waals surface area contributed by atoms with Crippen LogP contribution in [0.5, 0.6) is 0 Å². The number of amides is 1. The Morgan fingerprint density at radius 3 is 2.31 bits per heavy atom. The van der Waals surface area contributed by atoms with Crippen LogP contribution in [-0.4, -0.2) is 25.2 Å². The van der Waals surface area contributed by atoms with Gasteiger partial charge in [0.05, 0.1) is 4.90 Å². The molecule has 3 rings (SSSR count). The van der Waals surface area contributed by atoms with E-state index in [2.05, 4.69) is 0 Å². The Balaban J connectivity index is 0.00000363. The normalized spacial score (nSPS) is 18.8. The standard InChI is InChI=1S/C22H25Cl2N2O4S.Na/c1-15-20(24)3-2-4-21(15)31(29,30)26(14-17-7-11-19(23)12-8-17)13-16-5-9-18(10-6-16)22(27)25-28;/h2-4,7-8,11-12,16,18H,5-6,9-10,13-14H2,1H3,(H-,25,27,28);/q-1;+1. The molecule has 1 N–H and O–H groups in total. The van der Waals surface area contributed by atoms with E-state index in [4.69, 9.17) is 23.2 Å². The molecule has 6 nitrogen and oxygen atoms in total. The van der Waals surface area contributed by atoms with Crippen LogP contribution in [0.15, 0.2) is 47.4 Å². The molecule has 0 aliphatic heterocycles. The monoisotopic (exact) mass is 506 g/mol. The van der Waals surface area contributed by atoms with Crippen molar-refractivity contribution in [3.8, 4) is 0 Å². The van der Waals surface area contributed by atoms with Crippen molar-refractivity contribution in [3.05, 3.63) is 68.8 Å². The summed E-state index contributed by atoms with van der Waals surface area (Å²) in [7, 11) is -3.81. The Kier molecular flexibility index (Phi) is 10.5. The van der Waals surface area contributed by atoms with E-state index in [0.717, 1.165) is 5.56 Å². The largest absolute Gasteiger partial charge is 1.00 e. The van der Waals surface area contributed by atoms with Crippen molar-refractivity contribution in [1.29, 1.82) is 0 Å². The fourth-order valence-corrected chi connectivity index (χ4v) is 6.13. The predicted molar refractivity (Wildman–Crippen MR) is 122 cm³/mol. The van der Waals surface area contributed by atoms with Crippen LogP contribution >= 0.6 is 23.2 Å². The molecule has 0 atom stereocenters. The van der Waals surface area contributed by atoms with Crippen LogP contribution in [0.1, 0.15) is 36.8 Å². The van der Waals surface area contributed by atoms with Gasteiger partial charge >= 0.3 is 29.6 Å². The summed E-state index contributed by atoms with van der Waals surface area (Å²) in [5.41, 5.74) is 2.81. The van der Waals surface area contributed by atoms with Crippen LogP contribution in [0.3, 0.4) is 0 Å². The van der Waals surface area contributed by atoms with Gasteiger partial charge in [0.1, 0.15) is 0 Å². The first-order valence-electron chi connectivity index (χ1n) is 10.1. The smallest absolute Gasteiger partial charge is 0.759 e. The maximum Gasteiger partial charge on any atom is 1.00 e. The first kappa shape index (κ1) is 27.6. The van der Waals surface area contributed by atoms with Crippen molar-refractivity contribution < 1.29 is 42.8 Å². The summed E-state index contributed by atoms with van der Waals surface area (Å²) in [5, 5.41) is 11.6. The van der Waals surface area contributed by atoms with E-state index in [1.807, 2.05) is 12.1 Å². The van der Waals surface area contributed by atoms with Crippen molar-refractivity contribution in [2.45, 2.75) is 44.0 Å². The molecule has 1 fully saturated rings. The summed E-state index contributed by atoms with van der Waals surface area (Å²) in [6, 6.07) is 12.0. The van der Waals surface area contributed by atoms with Gasteiger partial charge in [-0.15, -0.1) is 0 Å². The number of sulfonamides is 1. The van der Waals surface area contributed by atoms with Crippen molar-refractivity contribution in [3.63, 3.8) is 0 Å². The molecular formula is C22H25Cl2N2NaO4S. The summed E-state index contributed by atoms with van der Waals surface area (Å²) in [6.45, 7) is 2.22. The Labute approximate surface area is 221 Å². The number of carbonyl (C=O) groups excluding carboxylic acids is 1. The molecular weight excluding hydrogens is 482 g/mol. The van der Waals surface area contributed by atoms with Gasteiger partial charge in [0, 0.05) is 29.1 Å². The number of hydroxylamine groups is 1. The molecule has 1 saturated carbocycles. The van der Waals surface area contributed by atoms with Gasteiger partial charge in [-0.2, -0.15) is 4.31 Å². The number of hydrogen-bond acceptors (Lipinski definition) is 4. The topological polar surface area (TPSA) is 89.5 Å². The number of halogens is 2. The minimum absolute atomic E-state index is 0. The molecule has 1 aliphatic rings. The average molecular weight is 507 g/mol. The Morgan fingerprint density at radius 2 is 1.72 bits per heavy atom. The summed E-state index contributed by atoms with van der Waals surface area (Å²) in [5.74, 6) is -0.693. The third-order valence-corrected chi connectivity index (χ3v) is 8.51. The Bertz CT molecular complexity index is 1030. The molecule has 0 saturated heterocycles. The van der Waals surface area contributed by atoms with Crippen molar-refractivity contribution in [1.82, 2.24) is 9.79 Å². The first-order chi connectivity index (χ1) is 14.7. The number of nitrogens with zero attached hydrogens (tertiary/aromatic N) is 1. The summed E-state index contributed by atoms with van der Waals surface area (Å²) >= 11 is 12.2. The van der Waals surface area contributed by atoms with Gasteiger partial charge in [-0.25, -0.2) is 8.42 Å². The minimum atomic E-state index is -3.81. The third kappa shape index (κ3) is 6.70. The maximum atomic E-state index is 13.6. The summed E-state index contributed by atoms with van der Waals surface area (Å²) < 4.78 is 28.7. The van der Waals surface area contributed by atoms with Gasteiger partial charge in [0.2, 0.25) is 15.9 Å². The molecule has 2 aromatic carbocycles. The number of carbonyl (C=O) groups is 1. The Hall–Kier alpha value is -0.640. The molecule has 0 radical (unpaired) electrons. The van der Waals surface area contributed by atoms with E-state index < -0.39 is 15.9 Å². The zero-order valence-corrected chi connectivity index (χ0v) is 22.5. The quantitative estimate of drug-likeness (QED) is 0.458. The van der Waals surface area contributed by atoms with Crippen molar-refractivity contribution >= 4 is 39.1 Å². The second-order valence-electron chi connectivity index (χ2n) is 7.97. The predicted octanol–water partition coefficient (Wildman–Crippen LogP) is 1.92. The van der Waals surface area contributed by atoms with Gasteiger partial charge in [0.25, 0.3) is 0 Å². The van der Waals surface area contributed by atoms with E-state index >= 15 is 0 Å². The summed E-state index contributed by atoms with van der Waals surface area (Å²) in [6.07, 6.45) is 2.51. The molecule has 0 spiro atoms. The fraction of sp³-hybridized carbons (Fsp3) is 0.409. The molecule has 32 heavy (non-hydrogen) atoms. The first-order valence-corrected chi connectivity index (χ1v) is 12.3. The molecule has 0 bridgehead atoms. The minimum Gasteiger partial charge on any atom is -0.759 e.